The van der Waals surface area contributed by atoms with Gasteiger partial charge < -0.3 is 4.74 Å². The molecular formula is C23H19ClN2O5S2. The van der Waals surface area contributed by atoms with Crippen LogP contribution >= 0.6 is 22.9 Å². The molecule has 7 nitrogen and oxygen atoms in total. The molecule has 3 aromatic carbocycles. The van der Waals surface area contributed by atoms with Gasteiger partial charge in [-0.15, -0.1) is 0 Å². The van der Waals surface area contributed by atoms with E-state index in [1.54, 1.807) is 47.9 Å². The maximum atomic E-state index is 12.9. The zero-order chi connectivity index (χ0) is 23.6. The van der Waals surface area contributed by atoms with Crippen LogP contribution in [0.4, 0.5) is 5.69 Å². The Balaban J connectivity index is 1.62. The van der Waals surface area contributed by atoms with Gasteiger partial charge in [0.15, 0.2) is 0 Å². The third kappa shape index (κ3) is 5.11. The number of anilines is 1. The van der Waals surface area contributed by atoms with Crippen molar-refractivity contribution in [2.75, 3.05) is 11.3 Å². The van der Waals surface area contributed by atoms with Gasteiger partial charge in [-0.05, 0) is 61.0 Å². The molecule has 0 radical (unpaired) electrons. The van der Waals surface area contributed by atoms with E-state index in [0.29, 0.717) is 21.8 Å². The molecule has 0 aliphatic heterocycles. The van der Waals surface area contributed by atoms with Crippen LogP contribution in [0.2, 0.25) is 5.02 Å². The second kappa shape index (κ2) is 9.38. The summed E-state index contributed by atoms with van der Waals surface area (Å²) in [5, 5.41) is 0.608. The fraction of sp³-hybridized carbons (Fsp3) is 0.130. The zero-order valence-corrected chi connectivity index (χ0v) is 19.8. The summed E-state index contributed by atoms with van der Waals surface area (Å²) in [7, 11) is -3.95. The summed E-state index contributed by atoms with van der Waals surface area (Å²) in [4.78, 5) is 24.3. The quantitative estimate of drug-likeness (QED) is 0.368. The molecule has 0 fully saturated rings. The van der Waals surface area contributed by atoms with Crippen molar-refractivity contribution in [2.24, 2.45) is 0 Å². The number of carbonyl (C=O) groups is 1. The first-order valence-corrected chi connectivity index (χ1v) is 12.6. The predicted octanol–water partition coefficient (Wildman–Crippen LogP) is 4.74. The maximum Gasteiger partial charge on any atom is 0.338 e. The molecule has 4 aromatic rings. The number of thiazole rings is 1. The van der Waals surface area contributed by atoms with Crippen LogP contribution < -0.4 is 9.60 Å². The Morgan fingerprint density at radius 1 is 1.09 bits per heavy atom. The third-order valence-corrected chi connectivity index (χ3v) is 7.40. The first-order valence-electron chi connectivity index (χ1n) is 9.94. The average Bonchev–Trinajstić information content (AvgIpc) is 3.09. The van der Waals surface area contributed by atoms with Crippen molar-refractivity contribution in [2.45, 2.75) is 18.4 Å². The van der Waals surface area contributed by atoms with Crippen molar-refractivity contribution in [3.05, 3.63) is 92.5 Å². The van der Waals surface area contributed by atoms with Gasteiger partial charge in [-0.25, -0.2) is 13.2 Å². The van der Waals surface area contributed by atoms with Gasteiger partial charge in [0.2, 0.25) is 0 Å². The second-order valence-corrected chi connectivity index (χ2v) is 10.2. The number of hydrogen-bond acceptors (Lipinski definition) is 6. The number of hydrogen-bond donors (Lipinski definition) is 1. The van der Waals surface area contributed by atoms with Crippen LogP contribution in [0.1, 0.15) is 22.8 Å². The molecular weight excluding hydrogens is 484 g/mol. The van der Waals surface area contributed by atoms with E-state index in [4.69, 9.17) is 16.3 Å². The van der Waals surface area contributed by atoms with E-state index in [2.05, 4.69) is 4.72 Å². The summed E-state index contributed by atoms with van der Waals surface area (Å²) in [5.74, 6) is -0.535. The van der Waals surface area contributed by atoms with Crippen LogP contribution in [0.5, 0.6) is 0 Å². The zero-order valence-electron chi connectivity index (χ0n) is 17.4. The Morgan fingerprint density at radius 2 is 1.85 bits per heavy atom. The van der Waals surface area contributed by atoms with Crippen molar-refractivity contribution in [3.8, 4) is 0 Å². The SMILES string of the molecule is CCOC(=O)c1cccc(NS(=O)(=O)c2ccc3c(c2)sc(=O)n3Cc2ccc(Cl)cc2)c1. The molecule has 0 aliphatic rings. The minimum atomic E-state index is -3.95. The van der Waals surface area contributed by atoms with Crippen LogP contribution in [0, 0.1) is 0 Å². The number of esters is 1. The first-order chi connectivity index (χ1) is 15.8. The normalized spacial score (nSPS) is 11.5. The van der Waals surface area contributed by atoms with Crippen molar-refractivity contribution in [1.29, 1.82) is 0 Å². The summed E-state index contributed by atoms with van der Waals surface area (Å²) in [6, 6.07) is 17.8. The molecule has 1 aromatic heterocycles. The van der Waals surface area contributed by atoms with E-state index in [1.165, 1.54) is 18.2 Å². The van der Waals surface area contributed by atoms with E-state index >= 15 is 0 Å². The highest BCUT2D eigenvalue weighted by Gasteiger charge is 2.18. The molecule has 1 N–H and O–H groups in total. The lowest BCUT2D eigenvalue weighted by Crippen LogP contribution is -2.14. The maximum absolute atomic E-state index is 12.9. The Bertz CT molecular complexity index is 1490. The van der Waals surface area contributed by atoms with Crippen LogP contribution in [-0.4, -0.2) is 25.6 Å². The Hall–Kier alpha value is -3.14. The lowest BCUT2D eigenvalue weighted by molar-refractivity contribution is 0.0526. The highest BCUT2D eigenvalue weighted by atomic mass is 35.5. The fourth-order valence-electron chi connectivity index (χ4n) is 3.27. The summed E-state index contributed by atoms with van der Waals surface area (Å²) in [6.07, 6.45) is 0. The molecule has 0 atom stereocenters. The summed E-state index contributed by atoms with van der Waals surface area (Å²) < 4.78 is 35.5. The van der Waals surface area contributed by atoms with Crippen molar-refractivity contribution >= 4 is 54.8 Å². The number of halogens is 1. The second-order valence-electron chi connectivity index (χ2n) is 7.12. The molecule has 0 bridgehead atoms. The van der Waals surface area contributed by atoms with Gasteiger partial charge in [0.25, 0.3) is 10.0 Å². The third-order valence-electron chi connectivity index (χ3n) is 4.83. The summed E-state index contributed by atoms with van der Waals surface area (Å²) in [5.41, 5.74) is 2.02. The van der Waals surface area contributed by atoms with E-state index in [0.717, 1.165) is 16.9 Å². The molecule has 0 spiro atoms. The van der Waals surface area contributed by atoms with Gasteiger partial charge in [0.05, 0.1) is 33.8 Å². The molecule has 10 heteroatoms. The minimum absolute atomic E-state index is 0.0106. The largest absolute Gasteiger partial charge is 0.462 e. The summed E-state index contributed by atoms with van der Waals surface area (Å²) >= 11 is 6.90. The number of benzene rings is 3. The van der Waals surface area contributed by atoms with Gasteiger partial charge in [-0.2, -0.15) is 0 Å². The van der Waals surface area contributed by atoms with E-state index in [-0.39, 0.29) is 27.6 Å². The van der Waals surface area contributed by atoms with Gasteiger partial charge >= 0.3 is 10.8 Å². The average molecular weight is 503 g/mol. The fourth-order valence-corrected chi connectivity index (χ4v) is 5.48. The number of sulfonamides is 1. The lowest BCUT2D eigenvalue weighted by Gasteiger charge is -2.10. The molecule has 4 rings (SSSR count). The van der Waals surface area contributed by atoms with Gasteiger partial charge in [0, 0.05) is 10.7 Å². The molecule has 0 amide bonds. The highest BCUT2D eigenvalue weighted by Crippen LogP contribution is 2.25. The molecule has 0 aliphatic carbocycles. The van der Waals surface area contributed by atoms with E-state index in [9.17, 15) is 18.0 Å². The number of nitrogens with zero attached hydrogens (tertiary/aromatic N) is 1. The topological polar surface area (TPSA) is 94.5 Å². The monoisotopic (exact) mass is 502 g/mol. The smallest absolute Gasteiger partial charge is 0.338 e. The van der Waals surface area contributed by atoms with Crippen LogP contribution in [0.3, 0.4) is 0 Å². The molecule has 0 unspecified atom stereocenters. The number of fused-ring (bicyclic) bond motifs is 1. The number of rotatable bonds is 7. The van der Waals surface area contributed by atoms with E-state index < -0.39 is 16.0 Å². The van der Waals surface area contributed by atoms with Crippen LogP contribution in [-0.2, 0) is 21.3 Å². The number of carbonyl (C=O) groups excluding carboxylic acids is 1. The number of aromatic nitrogens is 1. The van der Waals surface area contributed by atoms with Crippen LogP contribution in [0.15, 0.2) is 76.4 Å². The Labute approximate surface area is 199 Å². The van der Waals surface area contributed by atoms with Crippen LogP contribution in [0.25, 0.3) is 10.2 Å². The van der Waals surface area contributed by atoms with Crippen molar-refractivity contribution in [3.63, 3.8) is 0 Å². The van der Waals surface area contributed by atoms with E-state index in [1.807, 2.05) is 12.1 Å². The number of ether oxygens (including phenoxy) is 1. The van der Waals surface area contributed by atoms with Crippen molar-refractivity contribution < 1.29 is 17.9 Å². The van der Waals surface area contributed by atoms with Gasteiger partial charge in [-0.3, -0.25) is 14.1 Å². The standard InChI is InChI=1S/C23H19ClN2O5S2/c1-2-31-22(27)16-4-3-5-18(12-16)25-33(29,30)19-10-11-20-21(13-19)32-23(28)26(20)14-15-6-8-17(24)9-7-15/h3-13,25H,2,14H2,1H3. The molecule has 0 saturated heterocycles. The first kappa shape index (κ1) is 23.0. The molecule has 0 saturated carbocycles. The molecule has 33 heavy (non-hydrogen) atoms. The van der Waals surface area contributed by atoms with Gasteiger partial charge in [-0.1, -0.05) is 41.1 Å². The Morgan fingerprint density at radius 3 is 2.58 bits per heavy atom. The Kier molecular flexibility index (Phi) is 6.55. The minimum Gasteiger partial charge on any atom is -0.462 e. The van der Waals surface area contributed by atoms with Crippen molar-refractivity contribution in [1.82, 2.24) is 4.57 Å². The van der Waals surface area contributed by atoms with Gasteiger partial charge in [0.1, 0.15) is 0 Å². The molecule has 1 heterocycles. The predicted molar refractivity (Wildman–Crippen MR) is 130 cm³/mol. The summed E-state index contributed by atoms with van der Waals surface area (Å²) in [6.45, 7) is 2.26. The lowest BCUT2D eigenvalue weighted by atomic mass is 10.2. The number of nitrogens with one attached hydrogen (secondary N) is 1. The highest BCUT2D eigenvalue weighted by molar-refractivity contribution is 7.92. The molecule has 170 valence electrons.